The van der Waals surface area contributed by atoms with E-state index in [1.54, 1.807) is 0 Å². The van der Waals surface area contributed by atoms with Gasteiger partial charge in [-0.25, -0.2) is 14.4 Å². The lowest BCUT2D eigenvalue weighted by Gasteiger charge is -2.44. The van der Waals surface area contributed by atoms with Gasteiger partial charge in [-0.3, -0.25) is 0 Å². The lowest BCUT2D eigenvalue weighted by Crippen LogP contribution is -2.53. The van der Waals surface area contributed by atoms with Crippen LogP contribution in [0.3, 0.4) is 0 Å². The summed E-state index contributed by atoms with van der Waals surface area (Å²) in [7, 11) is 0. The SMILES string of the molecule is CC(C)N1C(=O)N(C2CCNCC2)[C@H]2CCCC[C@@H]21.CCOC(=O)N1CCC(N2CCC(N3C(=O)N(C(C)C)[C@H]4CCCC[C@@H]43)CC2)CC1. The fourth-order valence-electron chi connectivity index (χ4n) is 10.6. The zero-order valence-electron chi connectivity index (χ0n) is 31.4. The molecule has 0 unspecified atom stereocenters. The summed E-state index contributed by atoms with van der Waals surface area (Å²) in [6, 6.07) is 4.49. The Morgan fingerprint density at radius 2 is 1.06 bits per heavy atom. The molecule has 7 rings (SSSR count). The van der Waals surface area contributed by atoms with E-state index in [1.165, 1.54) is 51.4 Å². The first-order valence-corrected chi connectivity index (χ1v) is 20.3. The van der Waals surface area contributed by atoms with Gasteiger partial charge in [0.1, 0.15) is 0 Å². The van der Waals surface area contributed by atoms with Crippen LogP contribution in [-0.2, 0) is 4.74 Å². The second-order valence-electron chi connectivity index (χ2n) is 16.4. The van der Waals surface area contributed by atoms with E-state index < -0.39 is 0 Å². The normalized spacial score (nSPS) is 31.0. The number of ether oxygens (including phenoxy) is 1. The molecule has 11 nitrogen and oxygen atoms in total. The zero-order chi connectivity index (χ0) is 34.7. The van der Waals surface area contributed by atoms with Gasteiger partial charge in [-0.2, -0.15) is 0 Å². The van der Waals surface area contributed by atoms with Crippen LogP contribution >= 0.6 is 0 Å². The molecule has 0 aromatic carbocycles. The van der Waals surface area contributed by atoms with Crippen molar-refractivity contribution in [2.45, 2.75) is 179 Å². The van der Waals surface area contributed by atoms with E-state index >= 15 is 0 Å². The number of fused-ring (bicyclic) bond motifs is 2. The Hall–Kier alpha value is -2.27. The number of amides is 5. The van der Waals surface area contributed by atoms with E-state index in [9.17, 15) is 14.4 Å². The predicted molar refractivity (Wildman–Crippen MR) is 193 cm³/mol. The summed E-state index contributed by atoms with van der Waals surface area (Å²) in [5.41, 5.74) is 0. The van der Waals surface area contributed by atoms with Gasteiger partial charge in [0, 0.05) is 56.4 Å². The Morgan fingerprint density at radius 3 is 1.51 bits per heavy atom. The number of urea groups is 2. The number of carbonyl (C=O) groups excluding carboxylic acids is 3. The van der Waals surface area contributed by atoms with Crippen LogP contribution in [0.2, 0.25) is 0 Å². The van der Waals surface area contributed by atoms with Gasteiger partial charge >= 0.3 is 18.2 Å². The summed E-state index contributed by atoms with van der Waals surface area (Å²) in [5.74, 6) is 0. The maximum atomic E-state index is 13.3. The lowest BCUT2D eigenvalue weighted by atomic mass is 9.88. The third-order valence-electron chi connectivity index (χ3n) is 12.9. The molecule has 5 amide bonds. The lowest BCUT2D eigenvalue weighted by molar-refractivity contribution is 0.0490. The molecule has 278 valence electrons. The van der Waals surface area contributed by atoms with Crippen LogP contribution in [0, 0.1) is 0 Å². The molecule has 5 aliphatic heterocycles. The predicted octanol–water partition coefficient (Wildman–Crippen LogP) is 5.72. The molecule has 0 aromatic heterocycles. The van der Waals surface area contributed by atoms with Crippen LogP contribution in [0.15, 0.2) is 0 Å². The molecule has 7 fully saturated rings. The minimum Gasteiger partial charge on any atom is -0.450 e. The van der Waals surface area contributed by atoms with Crippen LogP contribution < -0.4 is 5.32 Å². The zero-order valence-corrected chi connectivity index (χ0v) is 31.4. The number of hydrogen-bond donors (Lipinski definition) is 1. The minimum absolute atomic E-state index is 0.168. The Labute approximate surface area is 296 Å². The van der Waals surface area contributed by atoms with E-state index in [0.29, 0.717) is 67.0 Å². The van der Waals surface area contributed by atoms with Crippen molar-refractivity contribution in [2.24, 2.45) is 0 Å². The number of rotatable bonds is 6. The van der Waals surface area contributed by atoms with Crippen molar-refractivity contribution in [1.29, 1.82) is 0 Å². The van der Waals surface area contributed by atoms with Crippen LogP contribution in [0.25, 0.3) is 0 Å². The number of nitrogens with zero attached hydrogens (tertiary/aromatic N) is 6. The molecule has 2 saturated carbocycles. The van der Waals surface area contributed by atoms with Gasteiger partial charge < -0.3 is 39.5 Å². The maximum Gasteiger partial charge on any atom is 0.409 e. The van der Waals surface area contributed by atoms with Crippen LogP contribution in [0.5, 0.6) is 0 Å². The molecular weight excluding hydrogens is 618 g/mol. The third kappa shape index (κ3) is 7.68. The number of hydrogen-bond acceptors (Lipinski definition) is 6. The van der Waals surface area contributed by atoms with Crippen molar-refractivity contribution < 1.29 is 19.1 Å². The number of carbonyl (C=O) groups is 3. The van der Waals surface area contributed by atoms with Crippen molar-refractivity contribution in [1.82, 2.24) is 34.7 Å². The quantitative estimate of drug-likeness (QED) is 0.385. The van der Waals surface area contributed by atoms with E-state index in [2.05, 4.69) is 57.5 Å². The molecule has 11 heteroatoms. The topological polar surface area (TPSA) is 91.9 Å². The van der Waals surface area contributed by atoms with Crippen LogP contribution in [0.1, 0.15) is 125 Å². The van der Waals surface area contributed by atoms with Crippen molar-refractivity contribution in [2.75, 3.05) is 45.9 Å². The standard InChI is InChI=1S/C23H40N4O3.C15H27N3O/c1-4-30-23(29)25-15-9-18(10-16-25)24-13-11-19(12-14-24)27-21-8-6-5-7-20(21)26(17(2)3)22(27)28;1-11(2)17-13-5-3-4-6-14(13)18(15(17)19)12-7-9-16-10-8-12/h17-21H,4-16H2,1-3H3;11-14,16H,3-10H2,1-2H3/t20-,21-;13-,14-/m00/s1. The van der Waals surface area contributed by atoms with Gasteiger partial charge in [0.05, 0.1) is 30.8 Å². The van der Waals surface area contributed by atoms with Crippen molar-refractivity contribution in [3.05, 3.63) is 0 Å². The second-order valence-corrected chi connectivity index (χ2v) is 16.4. The summed E-state index contributed by atoms with van der Waals surface area (Å²) in [5, 5.41) is 3.41. The van der Waals surface area contributed by atoms with Crippen molar-refractivity contribution >= 4 is 18.2 Å². The number of piperidine rings is 3. The smallest absolute Gasteiger partial charge is 0.409 e. The van der Waals surface area contributed by atoms with Crippen molar-refractivity contribution in [3.8, 4) is 0 Å². The molecule has 4 atom stereocenters. The number of likely N-dealkylation sites (tertiary alicyclic amines) is 2. The molecule has 0 bridgehead atoms. The van der Waals surface area contributed by atoms with E-state index in [4.69, 9.17) is 4.74 Å². The highest BCUT2D eigenvalue weighted by atomic mass is 16.6. The molecular formula is C38H67N7O4. The third-order valence-corrected chi connectivity index (χ3v) is 12.9. The van der Waals surface area contributed by atoms with Crippen LogP contribution in [-0.4, -0.2) is 148 Å². The Morgan fingerprint density at radius 1 is 0.633 bits per heavy atom. The maximum absolute atomic E-state index is 13.3. The molecule has 0 radical (unpaired) electrons. The van der Waals surface area contributed by atoms with E-state index in [0.717, 1.165) is 77.8 Å². The summed E-state index contributed by atoms with van der Waals surface area (Å²) in [4.78, 5) is 51.5. The summed E-state index contributed by atoms with van der Waals surface area (Å²) < 4.78 is 5.14. The molecule has 7 aliphatic rings. The van der Waals surface area contributed by atoms with E-state index in [-0.39, 0.29) is 12.1 Å². The molecule has 2 aliphatic carbocycles. The van der Waals surface area contributed by atoms with Crippen LogP contribution in [0.4, 0.5) is 14.4 Å². The van der Waals surface area contributed by atoms with E-state index in [1.807, 2.05) is 11.8 Å². The Bertz CT molecular complexity index is 1120. The molecule has 1 N–H and O–H groups in total. The molecule has 5 heterocycles. The van der Waals surface area contributed by atoms with Gasteiger partial charge in [0.15, 0.2) is 0 Å². The highest BCUT2D eigenvalue weighted by Crippen LogP contribution is 2.40. The highest BCUT2D eigenvalue weighted by molar-refractivity contribution is 5.79. The van der Waals surface area contributed by atoms with Gasteiger partial charge in [0.2, 0.25) is 0 Å². The molecule has 5 saturated heterocycles. The first kappa shape index (κ1) is 36.5. The van der Waals surface area contributed by atoms with Gasteiger partial charge in [-0.05, 0) is 112 Å². The summed E-state index contributed by atoms with van der Waals surface area (Å²) in [6.45, 7) is 16.8. The van der Waals surface area contributed by atoms with Gasteiger partial charge in [-0.1, -0.05) is 25.7 Å². The number of nitrogens with one attached hydrogen (secondary N) is 1. The first-order valence-electron chi connectivity index (χ1n) is 20.3. The van der Waals surface area contributed by atoms with Crippen molar-refractivity contribution in [3.63, 3.8) is 0 Å². The summed E-state index contributed by atoms with van der Waals surface area (Å²) in [6.07, 6.45) is 16.2. The fourth-order valence-corrected chi connectivity index (χ4v) is 10.6. The minimum atomic E-state index is -0.168. The second kappa shape index (κ2) is 16.4. The highest BCUT2D eigenvalue weighted by Gasteiger charge is 2.51. The average molecular weight is 686 g/mol. The molecule has 49 heavy (non-hydrogen) atoms. The summed E-state index contributed by atoms with van der Waals surface area (Å²) >= 11 is 0. The van der Waals surface area contributed by atoms with Gasteiger partial charge in [0.25, 0.3) is 0 Å². The monoisotopic (exact) mass is 686 g/mol. The Kier molecular flexibility index (Phi) is 12.2. The van der Waals surface area contributed by atoms with Gasteiger partial charge in [-0.15, -0.1) is 0 Å². The fraction of sp³-hybridized carbons (Fsp3) is 0.921. The largest absolute Gasteiger partial charge is 0.450 e. The molecule has 0 spiro atoms. The Balaban J connectivity index is 0.000000188. The average Bonchev–Trinajstić information content (AvgIpc) is 3.59. The molecule has 0 aromatic rings. The first-order chi connectivity index (χ1) is 23.7.